The number of phenolic OH excluding ortho intramolecular Hbond substituents is 1. The van der Waals surface area contributed by atoms with Crippen LogP contribution in [-0.4, -0.2) is 11.3 Å². The minimum atomic E-state index is 0.269. The summed E-state index contributed by atoms with van der Waals surface area (Å²) >= 11 is 1.75. The van der Waals surface area contributed by atoms with Crippen molar-refractivity contribution in [2.75, 3.05) is 0 Å². The zero-order valence-electron chi connectivity index (χ0n) is 9.76. The van der Waals surface area contributed by atoms with Crippen molar-refractivity contribution in [1.82, 2.24) is 0 Å². The third-order valence-corrected chi connectivity index (χ3v) is 3.41. The van der Waals surface area contributed by atoms with Gasteiger partial charge in [-0.1, -0.05) is 23.9 Å². The maximum absolute atomic E-state index is 9.17. The number of thioether (sulfide) groups is 1. The third kappa shape index (κ3) is 3.79. The molecule has 88 valence electrons. The number of hydrogen-bond donors (Lipinski definition) is 1. The highest BCUT2D eigenvalue weighted by Gasteiger charge is 2.01. The van der Waals surface area contributed by atoms with Crippen molar-refractivity contribution in [2.24, 2.45) is 4.99 Å². The summed E-state index contributed by atoms with van der Waals surface area (Å²) in [7, 11) is 0. The minimum absolute atomic E-state index is 0.269. The lowest BCUT2D eigenvalue weighted by Gasteiger charge is -1.99. The van der Waals surface area contributed by atoms with Gasteiger partial charge in [0, 0.05) is 11.1 Å². The first-order chi connectivity index (χ1) is 8.24. The van der Waals surface area contributed by atoms with Crippen LogP contribution in [0.1, 0.15) is 19.8 Å². The first kappa shape index (κ1) is 12.0. The average Bonchev–Trinajstić information content (AvgIpc) is 2.53. The van der Waals surface area contributed by atoms with Gasteiger partial charge in [-0.05, 0) is 48.9 Å². The Hall–Kier alpha value is -1.48. The molecule has 1 aliphatic heterocycles. The maximum atomic E-state index is 9.17. The highest BCUT2D eigenvalue weighted by Crippen LogP contribution is 2.28. The molecule has 0 spiro atoms. The van der Waals surface area contributed by atoms with E-state index in [0.717, 1.165) is 18.5 Å². The second kappa shape index (κ2) is 5.73. The van der Waals surface area contributed by atoms with E-state index >= 15 is 0 Å². The van der Waals surface area contributed by atoms with Crippen LogP contribution in [0.5, 0.6) is 5.75 Å². The normalized spacial score (nSPS) is 16.5. The van der Waals surface area contributed by atoms with Gasteiger partial charge in [0.1, 0.15) is 5.75 Å². The highest BCUT2D eigenvalue weighted by atomic mass is 32.2. The second-order valence-corrected chi connectivity index (χ2v) is 5.19. The fourth-order valence-electron chi connectivity index (χ4n) is 1.54. The number of aliphatic imine (C=N–C) groups is 1. The van der Waals surface area contributed by atoms with Gasteiger partial charge in [-0.2, -0.15) is 0 Å². The Morgan fingerprint density at radius 3 is 2.65 bits per heavy atom. The molecule has 0 radical (unpaired) electrons. The molecule has 0 saturated heterocycles. The van der Waals surface area contributed by atoms with E-state index in [1.54, 1.807) is 36.0 Å². The van der Waals surface area contributed by atoms with E-state index in [4.69, 9.17) is 0 Å². The van der Waals surface area contributed by atoms with Crippen LogP contribution in [0.2, 0.25) is 0 Å². The SMILES string of the molecule is CC1=CCCC=C(C=Nc2ccc(O)cc2)S1. The van der Waals surface area contributed by atoms with Crippen LogP contribution in [0.3, 0.4) is 0 Å². The summed E-state index contributed by atoms with van der Waals surface area (Å²) in [5, 5.41) is 9.17. The quantitative estimate of drug-likeness (QED) is 0.783. The standard InChI is InChI=1S/C14H15NOS/c1-11-4-2-3-5-14(17-11)10-15-12-6-8-13(16)9-7-12/h4-10,16H,2-3H2,1H3. The van der Waals surface area contributed by atoms with Crippen LogP contribution >= 0.6 is 11.8 Å². The molecule has 0 aromatic heterocycles. The molecule has 17 heavy (non-hydrogen) atoms. The van der Waals surface area contributed by atoms with Crippen molar-refractivity contribution >= 4 is 23.7 Å². The molecule has 0 fully saturated rings. The van der Waals surface area contributed by atoms with Crippen molar-refractivity contribution < 1.29 is 5.11 Å². The Morgan fingerprint density at radius 1 is 1.18 bits per heavy atom. The van der Waals surface area contributed by atoms with Crippen LogP contribution in [-0.2, 0) is 0 Å². The Kier molecular flexibility index (Phi) is 4.04. The molecule has 0 saturated carbocycles. The molecule has 0 bridgehead atoms. The summed E-state index contributed by atoms with van der Waals surface area (Å²) in [5.41, 5.74) is 0.857. The Bertz CT molecular complexity index is 472. The number of allylic oxidation sites excluding steroid dienone is 4. The van der Waals surface area contributed by atoms with Gasteiger partial charge < -0.3 is 5.11 Å². The van der Waals surface area contributed by atoms with Gasteiger partial charge >= 0.3 is 0 Å². The summed E-state index contributed by atoms with van der Waals surface area (Å²) in [6.45, 7) is 2.12. The molecular weight excluding hydrogens is 230 g/mol. The van der Waals surface area contributed by atoms with Crippen LogP contribution in [0.25, 0.3) is 0 Å². The lowest BCUT2D eigenvalue weighted by atomic mass is 10.3. The van der Waals surface area contributed by atoms with E-state index in [9.17, 15) is 5.11 Å². The molecule has 0 atom stereocenters. The summed E-state index contributed by atoms with van der Waals surface area (Å²) in [5.74, 6) is 0.269. The van der Waals surface area contributed by atoms with E-state index in [2.05, 4.69) is 24.1 Å². The van der Waals surface area contributed by atoms with Gasteiger partial charge in [0.2, 0.25) is 0 Å². The summed E-state index contributed by atoms with van der Waals surface area (Å²) in [4.78, 5) is 6.90. The number of benzene rings is 1. The molecule has 0 amide bonds. The number of hydrogen-bond acceptors (Lipinski definition) is 3. The lowest BCUT2D eigenvalue weighted by molar-refractivity contribution is 0.475. The fourth-order valence-corrected chi connectivity index (χ4v) is 2.42. The van der Waals surface area contributed by atoms with Crippen LogP contribution in [0.4, 0.5) is 5.69 Å². The molecular formula is C14H15NOS. The van der Waals surface area contributed by atoms with Gasteiger partial charge in [-0.25, -0.2) is 0 Å². The van der Waals surface area contributed by atoms with Crippen molar-refractivity contribution in [3.05, 3.63) is 46.2 Å². The fraction of sp³-hybridized carbons (Fsp3) is 0.214. The molecule has 2 nitrogen and oxygen atoms in total. The Balaban J connectivity index is 2.07. The average molecular weight is 245 g/mol. The van der Waals surface area contributed by atoms with E-state index in [0.29, 0.717) is 0 Å². The van der Waals surface area contributed by atoms with Gasteiger partial charge in [0.25, 0.3) is 0 Å². The van der Waals surface area contributed by atoms with E-state index in [-0.39, 0.29) is 5.75 Å². The maximum Gasteiger partial charge on any atom is 0.115 e. The number of aromatic hydroxyl groups is 1. The van der Waals surface area contributed by atoms with Crippen LogP contribution < -0.4 is 0 Å². The predicted octanol–water partition coefficient (Wildman–Crippen LogP) is 4.41. The van der Waals surface area contributed by atoms with Crippen LogP contribution in [0.15, 0.2) is 51.2 Å². The van der Waals surface area contributed by atoms with E-state index < -0.39 is 0 Å². The monoisotopic (exact) mass is 245 g/mol. The summed E-state index contributed by atoms with van der Waals surface area (Å²) < 4.78 is 0. The van der Waals surface area contributed by atoms with Crippen molar-refractivity contribution in [3.63, 3.8) is 0 Å². The molecule has 1 aliphatic rings. The number of nitrogens with zero attached hydrogens (tertiary/aromatic N) is 1. The number of rotatable bonds is 2. The van der Waals surface area contributed by atoms with Gasteiger partial charge in [-0.3, -0.25) is 4.99 Å². The van der Waals surface area contributed by atoms with Crippen molar-refractivity contribution in [2.45, 2.75) is 19.8 Å². The van der Waals surface area contributed by atoms with E-state index in [1.807, 2.05) is 6.21 Å². The van der Waals surface area contributed by atoms with Crippen molar-refractivity contribution in [1.29, 1.82) is 0 Å². The van der Waals surface area contributed by atoms with E-state index in [1.165, 1.54) is 9.81 Å². The Morgan fingerprint density at radius 2 is 1.88 bits per heavy atom. The predicted molar refractivity (Wildman–Crippen MR) is 74.9 cm³/mol. The topological polar surface area (TPSA) is 32.6 Å². The molecule has 0 unspecified atom stereocenters. The third-order valence-electron chi connectivity index (χ3n) is 2.41. The Labute approximate surface area is 106 Å². The molecule has 0 aliphatic carbocycles. The lowest BCUT2D eigenvalue weighted by Crippen LogP contribution is -1.78. The zero-order chi connectivity index (χ0) is 12.1. The largest absolute Gasteiger partial charge is 0.508 e. The van der Waals surface area contributed by atoms with Crippen molar-refractivity contribution in [3.8, 4) is 5.75 Å². The summed E-state index contributed by atoms with van der Waals surface area (Å²) in [6.07, 6.45) is 8.53. The van der Waals surface area contributed by atoms with Gasteiger partial charge in [0.05, 0.1) is 5.69 Å². The van der Waals surface area contributed by atoms with Crippen LogP contribution in [0, 0.1) is 0 Å². The first-order valence-electron chi connectivity index (χ1n) is 5.62. The second-order valence-electron chi connectivity index (χ2n) is 3.88. The summed E-state index contributed by atoms with van der Waals surface area (Å²) in [6, 6.07) is 6.89. The molecule has 3 heteroatoms. The zero-order valence-corrected chi connectivity index (χ0v) is 10.6. The number of phenols is 1. The molecule has 1 heterocycles. The molecule has 1 aromatic rings. The molecule has 1 aromatic carbocycles. The molecule has 1 N–H and O–H groups in total. The van der Waals surface area contributed by atoms with Gasteiger partial charge in [-0.15, -0.1) is 0 Å². The van der Waals surface area contributed by atoms with Gasteiger partial charge in [0.15, 0.2) is 0 Å². The smallest absolute Gasteiger partial charge is 0.115 e. The highest BCUT2D eigenvalue weighted by molar-refractivity contribution is 8.07. The minimum Gasteiger partial charge on any atom is -0.508 e. The first-order valence-corrected chi connectivity index (χ1v) is 6.43. The molecule has 2 rings (SSSR count).